The minimum Gasteiger partial charge on any atom is -0.491 e. The fraction of sp³-hybridized carbons (Fsp3) is 0.500. The van der Waals surface area contributed by atoms with E-state index in [1.165, 1.54) is 0 Å². The number of rotatable bonds is 7. The zero-order chi connectivity index (χ0) is 14.3. The van der Waals surface area contributed by atoms with Gasteiger partial charge in [-0.3, -0.25) is 4.79 Å². The van der Waals surface area contributed by atoms with Crippen LogP contribution in [0.4, 0.5) is 11.4 Å². The maximum Gasteiger partial charge on any atom is 0.241 e. The van der Waals surface area contributed by atoms with Crippen LogP contribution in [0.1, 0.15) is 20.3 Å². The van der Waals surface area contributed by atoms with Gasteiger partial charge in [0.2, 0.25) is 5.91 Å². The first-order chi connectivity index (χ1) is 9.08. The first-order valence-electron chi connectivity index (χ1n) is 6.58. The lowest BCUT2D eigenvalue weighted by Gasteiger charge is -2.16. The Kier molecular flexibility index (Phi) is 5.99. The highest BCUT2D eigenvalue weighted by Crippen LogP contribution is 2.25. The minimum atomic E-state index is 0.0513. The van der Waals surface area contributed by atoms with Gasteiger partial charge >= 0.3 is 0 Å². The average molecular weight is 265 g/mol. The van der Waals surface area contributed by atoms with Crippen molar-refractivity contribution in [2.24, 2.45) is 0 Å². The molecule has 5 heteroatoms. The molecule has 0 heterocycles. The van der Waals surface area contributed by atoms with Crippen LogP contribution in [0.5, 0.6) is 5.75 Å². The highest BCUT2D eigenvalue weighted by molar-refractivity contribution is 5.80. The third-order valence-electron chi connectivity index (χ3n) is 2.82. The summed E-state index contributed by atoms with van der Waals surface area (Å²) < 4.78 is 5.54. The third kappa shape index (κ3) is 4.69. The fourth-order valence-electron chi connectivity index (χ4n) is 1.47. The van der Waals surface area contributed by atoms with Crippen LogP contribution < -0.4 is 15.8 Å². The molecule has 106 valence electrons. The van der Waals surface area contributed by atoms with Crippen molar-refractivity contribution in [1.29, 1.82) is 0 Å². The van der Waals surface area contributed by atoms with Gasteiger partial charge in [0.25, 0.3) is 0 Å². The normalized spacial score (nSPS) is 10.1. The van der Waals surface area contributed by atoms with E-state index in [2.05, 4.69) is 5.32 Å². The minimum absolute atomic E-state index is 0.0513. The summed E-state index contributed by atoms with van der Waals surface area (Å²) in [4.78, 5) is 13.3. The Labute approximate surface area is 114 Å². The van der Waals surface area contributed by atoms with Gasteiger partial charge < -0.3 is 20.7 Å². The lowest BCUT2D eigenvalue weighted by atomic mass is 10.2. The van der Waals surface area contributed by atoms with Crippen LogP contribution in [0.15, 0.2) is 18.2 Å². The van der Waals surface area contributed by atoms with Crippen LogP contribution in [-0.2, 0) is 4.79 Å². The Bertz CT molecular complexity index is 421. The molecule has 3 N–H and O–H groups in total. The van der Waals surface area contributed by atoms with Gasteiger partial charge in [-0.2, -0.15) is 0 Å². The number of carbonyl (C=O) groups is 1. The second-order valence-corrected chi connectivity index (χ2v) is 4.36. The van der Waals surface area contributed by atoms with Crippen LogP contribution in [0.25, 0.3) is 0 Å². The summed E-state index contributed by atoms with van der Waals surface area (Å²) >= 11 is 0. The number of anilines is 2. The second kappa shape index (κ2) is 7.51. The number of nitrogens with one attached hydrogen (secondary N) is 1. The van der Waals surface area contributed by atoms with Crippen molar-refractivity contribution in [3.8, 4) is 5.75 Å². The summed E-state index contributed by atoms with van der Waals surface area (Å²) in [6.07, 6.45) is 0.927. The molecule has 5 nitrogen and oxygen atoms in total. The van der Waals surface area contributed by atoms with Crippen molar-refractivity contribution in [2.45, 2.75) is 20.3 Å². The Hall–Kier alpha value is -1.91. The number of nitrogen functional groups attached to an aromatic ring is 1. The second-order valence-electron chi connectivity index (χ2n) is 4.36. The largest absolute Gasteiger partial charge is 0.491 e. The number of ether oxygens (including phenoxy) is 1. The molecule has 0 radical (unpaired) electrons. The van der Waals surface area contributed by atoms with Crippen LogP contribution >= 0.6 is 0 Å². The number of likely N-dealkylation sites (N-methyl/N-ethyl adjacent to an activating group) is 1. The topological polar surface area (TPSA) is 67.6 Å². The first-order valence-corrected chi connectivity index (χ1v) is 6.58. The van der Waals surface area contributed by atoms with E-state index in [1.807, 2.05) is 26.0 Å². The third-order valence-corrected chi connectivity index (χ3v) is 2.82. The van der Waals surface area contributed by atoms with E-state index in [4.69, 9.17) is 10.5 Å². The molecule has 0 spiro atoms. The van der Waals surface area contributed by atoms with Gasteiger partial charge in [0, 0.05) is 25.3 Å². The molecule has 1 rings (SSSR count). The maximum absolute atomic E-state index is 11.7. The number of benzene rings is 1. The van der Waals surface area contributed by atoms with Crippen molar-refractivity contribution in [3.63, 3.8) is 0 Å². The van der Waals surface area contributed by atoms with Gasteiger partial charge in [0.05, 0.1) is 18.8 Å². The number of amides is 1. The predicted molar refractivity (Wildman–Crippen MR) is 78.4 cm³/mol. The molecule has 1 aromatic carbocycles. The van der Waals surface area contributed by atoms with Crippen LogP contribution in [0, 0.1) is 0 Å². The number of nitrogens with zero attached hydrogens (tertiary/aromatic N) is 1. The Morgan fingerprint density at radius 1 is 1.42 bits per heavy atom. The molecular weight excluding hydrogens is 242 g/mol. The van der Waals surface area contributed by atoms with E-state index < -0.39 is 0 Å². The van der Waals surface area contributed by atoms with Gasteiger partial charge in [0.15, 0.2) is 0 Å². The smallest absolute Gasteiger partial charge is 0.241 e. The zero-order valence-corrected chi connectivity index (χ0v) is 11.9. The van der Waals surface area contributed by atoms with Gasteiger partial charge in [0.1, 0.15) is 5.75 Å². The lowest BCUT2D eigenvalue weighted by Crippen LogP contribution is -2.31. The summed E-state index contributed by atoms with van der Waals surface area (Å²) in [6.45, 7) is 5.58. The van der Waals surface area contributed by atoms with Gasteiger partial charge in [-0.15, -0.1) is 0 Å². The molecule has 0 aromatic heterocycles. The van der Waals surface area contributed by atoms with E-state index in [1.54, 1.807) is 18.0 Å². The van der Waals surface area contributed by atoms with E-state index in [9.17, 15) is 4.79 Å². The van der Waals surface area contributed by atoms with Crippen LogP contribution in [0.3, 0.4) is 0 Å². The van der Waals surface area contributed by atoms with E-state index in [0.29, 0.717) is 24.6 Å². The SMILES string of the molecule is CCCOc1cc(NCC(=O)N(C)CC)ccc1N. The van der Waals surface area contributed by atoms with Crippen molar-refractivity contribution in [2.75, 3.05) is 37.8 Å². The molecule has 0 saturated heterocycles. The summed E-state index contributed by atoms with van der Waals surface area (Å²) in [5.74, 6) is 0.707. The lowest BCUT2D eigenvalue weighted by molar-refractivity contribution is -0.127. The molecule has 1 aromatic rings. The fourth-order valence-corrected chi connectivity index (χ4v) is 1.47. The van der Waals surface area contributed by atoms with E-state index in [-0.39, 0.29) is 12.5 Å². The predicted octanol–water partition coefficient (Wildman–Crippen LogP) is 1.95. The quantitative estimate of drug-likeness (QED) is 0.739. The number of hydrogen-bond acceptors (Lipinski definition) is 4. The molecule has 1 amide bonds. The molecule has 0 aliphatic rings. The number of nitrogens with two attached hydrogens (primary N) is 1. The summed E-state index contributed by atoms with van der Waals surface area (Å²) in [5, 5.41) is 3.08. The number of hydrogen-bond donors (Lipinski definition) is 2. The van der Waals surface area contributed by atoms with Crippen LogP contribution in [0.2, 0.25) is 0 Å². The van der Waals surface area contributed by atoms with Crippen molar-refractivity contribution in [3.05, 3.63) is 18.2 Å². The highest BCUT2D eigenvalue weighted by Gasteiger charge is 2.07. The van der Waals surface area contributed by atoms with Crippen molar-refractivity contribution < 1.29 is 9.53 Å². The molecule has 0 unspecified atom stereocenters. The summed E-state index contributed by atoms with van der Waals surface area (Å²) in [6, 6.07) is 5.44. The molecule has 0 bridgehead atoms. The Morgan fingerprint density at radius 2 is 2.16 bits per heavy atom. The monoisotopic (exact) mass is 265 g/mol. The molecule has 0 fully saturated rings. The molecular formula is C14H23N3O2. The summed E-state index contributed by atoms with van der Waals surface area (Å²) in [7, 11) is 1.78. The number of carbonyl (C=O) groups excluding carboxylic acids is 1. The Morgan fingerprint density at radius 3 is 2.79 bits per heavy atom. The molecule has 0 saturated carbocycles. The van der Waals surface area contributed by atoms with Crippen molar-refractivity contribution in [1.82, 2.24) is 4.90 Å². The zero-order valence-electron chi connectivity index (χ0n) is 11.9. The molecule has 19 heavy (non-hydrogen) atoms. The first kappa shape index (κ1) is 15.1. The molecule has 0 aliphatic carbocycles. The highest BCUT2D eigenvalue weighted by atomic mass is 16.5. The standard InChI is InChI=1S/C14H23N3O2/c1-4-8-19-13-9-11(6-7-12(13)15)16-10-14(18)17(3)5-2/h6-7,9,16H,4-5,8,10,15H2,1-3H3. The van der Waals surface area contributed by atoms with Crippen LogP contribution in [-0.4, -0.2) is 37.6 Å². The van der Waals surface area contributed by atoms with E-state index in [0.717, 1.165) is 12.1 Å². The van der Waals surface area contributed by atoms with Gasteiger partial charge in [-0.1, -0.05) is 6.92 Å². The van der Waals surface area contributed by atoms with E-state index >= 15 is 0 Å². The summed E-state index contributed by atoms with van der Waals surface area (Å²) in [5.41, 5.74) is 7.27. The Balaban J connectivity index is 2.61. The van der Waals surface area contributed by atoms with Crippen molar-refractivity contribution >= 4 is 17.3 Å². The average Bonchev–Trinajstić information content (AvgIpc) is 2.43. The van der Waals surface area contributed by atoms with Gasteiger partial charge in [-0.05, 0) is 25.5 Å². The molecule has 0 atom stereocenters. The maximum atomic E-state index is 11.7. The molecule has 0 aliphatic heterocycles. The van der Waals surface area contributed by atoms with Gasteiger partial charge in [-0.25, -0.2) is 0 Å².